The van der Waals surface area contributed by atoms with Gasteiger partial charge in [-0.2, -0.15) is 0 Å². The number of carbonyl (C=O) groups excluding carboxylic acids is 1. The van der Waals surface area contributed by atoms with E-state index in [1.165, 1.54) is 0 Å². The largest absolute Gasteiger partial charge is 0.480 e. The van der Waals surface area contributed by atoms with Crippen LogP contribution in [0.5, 0.6) is 0 Å². The third-order valence-corrected chi connectivity index (χ3v) is 3.60. The fourth-order valence-electron chi connectivity index (χ4n) is 1.97. The fourth-order valence-corrected chi connectivity index (χ4v) is 2.23. The Morgan fingerprint density at radius 2 is 1.65 bits per heavy atom. The van der Waals surface area contributed by atoms with Gasteiger partial charge in [0.15, 0.2) is 0 Å². The van der Waals surface area contributed by atoms with Crippen LogP contribution in [-0.2, 0) is 22.7 Å². The maximum absolute atomic E-state index is 12.2. The predicted molar refractivity (Wildman–Crippen MR) is 88.8 cm³/mol. The summed E-state index contributed by atoms with van der Waals surface area (Å²) in [4.78, 5) is 24.3. The molecule has 0 fully saturated rings. The van der Waals surface area contributed by atoms with Gasteiger partial charge in [0.2, 0.25) is 0 Å². The first-order chi connectivity index (χ1) is 11.0. The van der Waals surface area contributed by atoms with Gasteiger partial charge in [-0.15, -0.1) is 0 Å². The molecule has 0 radical (unpaired) electrons. The molecule has 0 aliphatic rings. The first-order valence-corrected chi connectivity index (χ1v) is 7.76. The second kappa shape index (κ2) is 8.33. The van der Waals surface area contributed by atoms with Crippen LogP contribution in [0.1, 0.15) is 11.1 Å². The lowest BCUT2D eigenvalue weighted by molar-refractivity contribution is -0.138. The van der Waals surface area contributed by atoms with Crippen LogP contribution in [0.2, 0.25) is 0 Å². The summed E-state index contributed by atoms with van der Waals surface area (Å²) in [6.07, 6.45) is -0.654. The molecule has 1 N–H and O–H groups in total. The summed E-state index contributed by atoms with van der Waals surface area (Å²) >= 11 is 3.33. The molecule has 0 saturated heterocycles. The van der Waals surface area contributed by atoms with E-state index in [4.69, 9.17) is 9.84 Å². The molecule has 1 amide bonds. The van der Waals surface area contributed by atoms with Gasteiger partial charge in [0.25, 0.3) is 0 Å². The number of carbonyl (C=O) groups is 2. The van der Waals surface area contributed by atoms with Crippen molar-refractivity contribution < 1.29 is 19.4 Å². The standard InChI is InChI=1S/C17H16BrNO4/c18-15-8-6-13(7-9-15)10-19(11-16(20)21)17(22)23-12-14-4-2-1-3-5-14/h1-9H,10-12H2,(H,20,21). The summed E-state index contributed by atoms with van der Waals surface area (Å²) < 4.78 is 6.12. The minimum atomic E-state index is -1.08. The number of carboxylic acids is 1. The van der Waals surface area contributed by atoms with E-state index in [2.05, 4.69) is 15.9 Å². The highest BCUT2D eigenvalue weighted by atomic mass is 79.9. The molecular weight excluding hydrogens is 362 g/mol. The molecule has 5 nitrogen and oxygen atoms in total. The topological polar surface area (TPSA) is 66.8 Å². The lowest BCUT2D eigenvalue weighted by Crippen LogP contribution is -2.35. The molecule has 6 heteroatoms. The lowest BCUT2D eigenvalue weighted by atomic mass is 10.2. The van der Waals surface area contributed by atoms with Gasteiger partial charge in [-0.05, 0) is 23.3 Å². The van der Waals surface area contributed by atoms with Crippen LogP contribution in [-0.4, -0.2) is 28.6 Å². The predicted octanol–water partition coefficient (Wildman–Crippen LogP) is 3.67. The van der Waals surface area contributed by atoms with Crippen LogP contribution in [0, 0.1) is 0 Å². The second-order valence-electron chi connectivity index (χ2n) is 4.92. The summed E-state index contributed by atoms with van der Waals surface area (Å²) in [6, 6.07) is 16.6. The van der Waals surface area contributed by atoms with Crippen LogP contribution >= 0.6 is 15.9 Å². The molecule has 0 atom stereocenters. The Morgan fingerprint density at radius 1 is 1.00 bits per heavy atom. The van der Waals surface area contributed by atoms with E-state index in [0.29, 0.717) is 0 Å². The normalized spacial score (nSPS) is 10.1. The summed E-state index contributed by atoms with van der Waals surface area (Å²) in [7, 11) is 0. The van der Waals surface area contributed by atoms with Crippen molar-refractivity contribution in [3.63, 3.8) is 0 Å². The lowest BCUT2D eigenvalue weighted by Gasteiger charge is -2.20. The first-order valence-electron chi connectivity index (χ1n) is 6.96. The molecule has 23 heavy (non-hydrogen) atoms. The van der Waals surface area contributed by atoms with Gasteiger partial charge in [0, 0.05) is 11.0 Å². The molecule has 0 bridgehead atoms. The van der Waals surface area contributed by atoms with E-state index in [1.54, 1.807) is 0 Å². The summed E-state index contributed by atoms with van der Waals surface area (Å²) in [5.41, 5.74) is 1.67. The van der Waals surface area contributed by atoms with Gasteiger partial charge < -0.3 is 9.84 Å². The van der Waals surface area contributed by atoms with Crippen molar-refractivity contribution in [2.75, 3.05) is 6.54 Å². The van der Waals surface area contributed by atoms with E-state index >= 15 is 0 Å². The Bertz CT molecular complexity index is 658. The van der Waals surface area contributed by atoms with Crippen molar-refractivity contribution >= 4 is 28.0 Å². The van der Waals surface area contributed by atoms with Crippen molar-refractivity contribution in [1.82, 2.24) is 4.90 Å². The molecule has 0 unspecified atom stereocenters. The monoisotopic (exact) mass is 377 g/mol. The number of rotatable bonds is 6. The number of amides is 1. The first kappa shape index (κ1) is 17.0. The maximum Gasteiger partial charge on any atom is 0.410 e. The van der Waals surface area contributed by atoms with Gasteiger partial charge in [-0.25, -0.2) is 4.79 Å². The Hall–Kier alpha value is -2.34. The van der Waals surface area contributed by atoms with E-state index in [9.17, 15) is 9.59 Å². The summed E-state index contributed by atoms with van der Waals surface area (Å²) in [6.45, 7) is -0.132. The number of benzene rings is 2. The van der Waals surface area contributed by atoms with Gasteiger partial charge in [0.1, 0.15) is 13.2 Å². The zero-order valence-corrected chi connectivity index (χ0v) is 13.9. The van der Waals surface area contributed by atoms with Gasteiger partial charge in [-0.3, -0.25) is 9.69 Å². The number of hydrogen-bond acceptors (Lipinski definition) is 3. The van der Waals surface area contributed by atoms with E-state index in [0.717, 1.165) is 20.5 Å². The van der Waals surface area contributed by atoms with Crippen LogP contribution in [0.15, 0.2) is 59.1 Å². The Balaban J connectivity index is 2.00. The number of aliphatic carboxylic acids is 1. The van der Waals surface area contributed by atoms with Crippen LogP contribution in [0.3, 0.4) is 0 Å². The molecule has 120 valence electrons. The molecule has 2 aromatic rings. The van der Waals surface area contributed by atoms with Gasteiger partial charge >= 0.3 is 12.1 Å². The van der Waals surface area contributed by atoms with Gasteiger partial charge in [0.05, 0.1) is 0 Å². The number of carboxylic acid groups (broad SMARTS) is 1. The van der Waals surface area contributed by atoms with E-state index < -0.39 is 18.6 Å². The molecule has 0 saturated carbocycles. The fraction of sp³-hybridized carbons (Fsp3) is 0.176. The number of ether oxygens (including phenoxy) is 1. The number of nitrogens with zero attached hydrogens (tertiary/aromatic N) is 1. The second-order valence-corrected chi connectivity index (χ2v) is 5.83. The van der Waals surface area contributed by atoms with Crippen LogP contribution in [0.25, 0.3) is 0 Å². The Labute approximate surface area is 142 Å². The third kappa shape index (κ3) is 5.75. The highest BCUT2D eigenvalue weighted by molar-refractivity contribution is 9.10. The molecule has 0 aliphatic heterocycles. The molecule has 0 spiro atoms. The van der Waals surface area contributed by atoms with Crippen molar-refractivity contribution in [1.29, 1.82) is 0 Å². The number of halogens is 1. The highest BCUT2D eigenvalue weighted by Gasteiger charge is 2.18. The minimum absolute atomic E-state index is 0.107. The Morgan fingerprint density at radius 3 is 2.26 bits per heavy atom. The third-order valence-electron chi connectivity index (χ3n) is 3.08. The molecule has 2 aromatic carbocycles. The molecule has 0 aromatic heterocycles. The van der Waals surface area contributed by atoms with Crippen molar-refractivity contribution in [3.05, 3.63) is 70.2 Å². The van der Waals surface area contributed by atoms with Crippen molar-refractivity contribution in [2.45, 2.75) is 13.2 Å². The van der Waals surface area contributed by atoms with E-state index in [-0.39, 0.29) is 13.2 Å². The minimum Gasteiger partial charge on any atom is -0.480 e. The summed E-state index contributed by atoms with van der Waals surface area (Å²) in [5, 5.41) is 8.98. The average molecular weight is 378 g/mol. The van der Waals surface area contributed by atoms with Crippen LogP contribution < -0.4 is 0 Å². The Kier molecular flexibility index (Phi) is 6.17. The zero-order chi connectivity index (χ0) is 16.7. The quantitative estimate of drug-likeness (QED) is 0.833. The molecule has 0 aliphatic carbocycles. The smallest absolute Gasteiger partial charge is 0.410 e. The maximum atomic E-state index is 12.2. The van der Waals surface area contributed by atoms with Crippen molar-refractivity contribution in [3.8, 4) is 0 Å². The highest BCUT2D eigenvalue weighted by Crippen LogP contribution is 2.13. The van der Waals surface area contributed by atoms with E-state index in [1.807, 2.05) is 54.6 Å². The van der Waals surface area contributed by atoms with Gasteiger partial charge in [-0.1, -0.05) is 58.4 Å². The molecule has 2 rings (SSSR count). The molecular formula is C17H16BrNO4. The number of hydrogen-bond donors (Lipinski definition) is 1. The average Bonchev–Trinajstić information content (AvgIpc) is 2.54. The molecule has 0 heterocycles. The van der Waals surface area contributed by atoms with Crippen molar-refractivity contribution in [2.24, 2.45) is 0 Å². The SMILES string of the molecule is O=C(O)CN(Cc1ccc(Br)cc1)C(=O)OCc1ccccc1. The summed E-state index contributed by atoms with van der Waals surface area (Å²) in [5.74, 6) is -1.08. The van der Waals surface area contributed by atoms with Crippen LogP contribution in [0.4, 0.5) is 4.79 Å². The zero-order valence-electron chi connectivity index (χ0n) is 12.3.